The third kappa shape index (κ3) is 5.05. The molecule has 3 aromatic rings. The van der Waals surface area contributed by atoms with Gasteiger partial charge in [0.2, 0.25) is 0 Å². The number of nitrogen functional groups attached to an aromatic ring is 1. The number of carbonyl (C=O) groups is 2. The van der Waals surface area contributed by atoms with Crippen molar-refractivity contribution in [3.05, 3.63) is 76.1 Å². The van der Waals surface area contributed by atoms with Gasteiger partial charge in [-0.05, 0) is 55.2 Å². The van der Waals surface area contributed by atoms with E-state index in [0.717, 1.165) is 37.1 Å². The Morgan fingerprint density at radius 2 is 1.97 bits per heavy atom. The highest BCUT2D eigenvalue weighted by Crippen LogP contribution is 2.21. The maximum atomic E-state index is 13.1. The van der Waals surface area contributed by atoms with Gasteiger partial charge in [-0.25, -0.2) is 0 Å². The van der Waals surface area contributed by atoms with Crippen molar-refractivity contribution < 1.29 is 9.59 Å². The normalized spacial score (nSPS) is 14.2. The summed E-state index contributed by atoms with van der Waals surface area (Å²) in [4.78, 5) is 27.7. The van der Waals surface area contributed by atoms with Gasteiger partial charge >= 0.3 is 0 Å². The number of likely N-dealkylation sites (tertiary alicyclic amines) is 1. The summed E-state index contributed by atoms with van der Waals surface area (Å²) in [5, 5.41) is 24.7. The summed E-state index contributed by atoms with van der Waals surface area (Å²) in [5.41, 5.74) is 8.78. The standard InChI is InChI=1S/C23H26N8O2/c1-14-11-17(7-8-18(14)23(33)31-9-2-3-10-31)22(32)26-19(13-20-27-29-30-28-20)15-5-4-6-16(12-15)21(24)25/h4-8,11-12,19H,2-3,9-10,13H2,1H3,(H3,24,25)(H,26,32)(H,27,28,29,30). The molecule has 1 atom stereocenters. The number of nitrogens with two attached hydrogens (primary N) is 1. The fourth-order valence-electron chi connectivity index (χ4n) is 4.00. The number of nitrogens with zero attached hydrogens (tertiary/aromatic N) is 4. The molecule has 1 aliphatic heterocycles. The minimum atomic E-state index is -0.472. The van der Waals surface area contributed by atoms with Gasteiger partial charge in [0, 0.05) is 36.2 Å². The Morgan fingerprint density at radius 1 is 1.18 bits per heavy atom. The van der Waals surface area contributed by atoms with Crippen LogP contribution in [0, 0.1) is 12.3 Å². The molecule has 10 nitrogen and oxygen atoms in total. The average Bonchev–Trinajstić information content (AvgIpc) is 3.52. The van der Waals surface area contributed by atoms with E-state index in [9.17, 15) is 9.59 Å². The third-order valence-corrected chi connectivity index (χ3v) is 5.79. The van der Waals surface area contributed by atoms with Crippen LogP contribution < -0.4 is 11.1 Å². The van der Waals surface area contributed by atoms with Crippen molar-refractivity contribution in [2.24, 2.45) is 5.73 Å². The molecule has 1 aromatic heterocycles. The van der Waals surface area contributed by atoms with Crippen LogP contribution in [0.3, 0.4) is 0 Å². The monoisotopic (exact) mass is 446 g/mol. The van der Waals surface area contributed by atoms with E-state index in [2.05, 4.69) is 25.9 Å². The molecule has 1 fully saturated rings. The first-order valence-corrected chi connectivity index (χ1v) is 10.8. The van der Waals surface area contributed by atoms with Crippen LogP contribution in [0.5, 0.6) is 0 Å². The summed E-state index contributed by atoms with van der Waals surface area (Å²) in [6.07, 6.45) is 2.35. The minimum Gasteiger partial charge on any atom is -0.384 e. The Kier molecular flexibility index (Phi) is 6.43. The number of amides is 2. The lowest BCUT2D eigenvalue weighted by Gasteiger charge is -2.20. The number of hydrogen-bond donors (Lipinski definition) is 4. The predicted octanol–water partition coefficient (Wildman–Crippen LogP) is 1.74. The van der Waals surface area contributed by atoms with E-state index in [1.54, 1.807) is 36.4 Å². The molecule has 10 heteroatoms. The van der Waals surface area contributed by atoms with E-state index >= 15 is 0 Å². The topological polar surface area (TPSA) is 154 Å². The minimum absolute atomic E-state index is 0.00740. The van der Waals surface area contributed by atoms with Gasteiger partial charge in [-0.1, -0.05) is 23.4 Å². The summed E-state index contributed by atoms with van der Waals surface area (Å²) in [6, 6.07) is 11.8. The van der Waals surface area contributed by atoms with E-state index in [1.165, 1.54) is 0 Å². The van der Waals surface area contributed by atoms with E-state index in [0.29, 0.717) is 28.9 Å². The molecule has 0 spiro atoms. The van der Waals surface area contributed by atoms with Crippen LogP contribution in [0.4, 0.5) is 0 Å². The number of aryl methyl sites for hydroxylation is 1. The zero-order valence-electron chi connectivity index (χ0n) is 18.3. The third-order valence-electron chi connectivity index (χ3n) is 5.79. The highest BCUT2D eigenvalue weighted by molar-refractivity contribution is 5.99. The number of nitrogens with one attached hydrogen (secondary N) is 3. The van der Waals surface area contributed by atoms with Gasteiger partial charge in [-0.3, -0.25) is 15.0 Å². The smallest absolute Gasteiger partial charge is 0.254 e. The van der Waals surface area contributed by atoms with Crippen molar-refractivity contribution in [3.63, 3.8) is 0 Å². The summed E-state index contributed by atoms with van der Waals surface area (Å²) in [6.45, 7) is 3.39. The molecule has 0 aliphatic carbocycles. The molecule has 0 radical (unpaired) electrons. The second kappa shape index (κ2) is 9.60. The maximum absolute atomic E-state index is 13.1. The molecule has 1 saturated heterocycles. The molecule has 0 bridgehead atoms. The Balaban J connectivity index is 1.56. The highest BCUT2D eigenvalue weighted by atomic mass is 16.2. The summed E-state index contributed by atoms with van der Waals surface area (Å²) in [5.74, 6) is 0.0969. The lowest BCUT2D eigenvalue weighted by Crippen LogP contribution is -2.31. The van der Waals surface area contributed by atoms with Crippen molar-refractivity contribution >= 4 is 17.6 Å². The number of benzene rings is 2. The first-order chi connectivity index (χ1) is 15.9. The molecule has 0 saturated carbocycles. The molecule has 33 heavy (non-hydrogen) atoms. The SMILES string of the molecule is Cc1cc(C(=O)NC(Cc2nn[nH]n2)c2cccc(C(=N)N)c2)ccc1C(=O)N1CCCC1. The molecular weight excluding hydrogens is 420 g/mol. The Labute approximate surface area is 191 Å². The second-order valence-corrected chi connectivity index (χ2v) is 8.13. The predicted molar refractivity (Wildman–Crippen MR) is 122 cm³/mol. The molecule has 1 aliphatic rings. The number of tetrazole rings is 1. The quantitative estimate of drug-likeness (QED) is 0.320. The number of amidine groups is 1. The molecular formula is C23H26N8O2. The zero-order valence-corrected chi connectivity index (χ0v) is 18.3. The molecule has 5 N–H and O–H groups in total. The number of carbonyl (C=O) groups excluding carboxylic acids is 2. The highest BCUT2D eigenvalue weighted by Gasteiger charge is 2.23. The second-order valence-electron chi connectivity index (χ2n) is 8.13. The maximum Gasteiger partial charge on any atom is 0.254 e. The van der Waals surface area contributed by atoms with Gasteiger partial charge in [0.25, 0.3) is 11.8 Å². The van der Waals surface area contributed by atoms with Gasteiger partial charge in [0.05, 0.1) is 6.04 Å². The van der Waals surface area contributed by atoms with E-state index in [1.807, 2.05) is 17.9 Å². The summed E-state index contributed by atoms with van der Waals surface area (Å²) < 4.78 is 0. The van der Waals surface area contributed by atoms with Crippen LogP contribution in [0.2, 0.25) is 0 Å². The van der Waals surface area contributed by atoms with Crippen LogP contribution >= 0.6 is 0 Å². The van der Waals surface area contributed by atoms with Gasteiger partial charge < -0.3 is 16.0 Å². The van der Waals surface area contributed by atoms with Crippen LogP contribution in [0.15, 0.2) is 42.5 Å². The number of hydrogen-bond acceptors (Lipinski definition) is 6. The molecule has 1 unspecified atom stereocenters. The molecule has 4 rings (SSSR count). The fraction of sp³-hybridized carbons (Fsp3) is 0.304. The number of rotatable bonds is 7. The Morgan fingerprint density at radius 3 is 2.64 bits per heavy atom. The lowest BCUT2D eigenvalue weighted by atomic mass is 9.99. The number of aromatic nitrogens is 4. The number of aromatic amines is 1. The van der Waals surface area contributed by atoms with Gasteiger partial charge in [-0.2, -0.15) is 5.21 Å². The largest absolute Gasteiger partial charge is 0.384 e. The van der Waals surface area contributed by atoms with Crippen LogP contribution in [-0.4, -0.2) is 56.3 Å². The van der Waals surface area contributed by atoms with Gasteiger partial charge in [0.1, 0.15) is 5.84 Å². The van der Waals surface area contributed by atoms with Crippen LogP contribution in [0.1, 0.15) is 62.1 Å². The Bertz CT molecular complexity index is 1170. The van der Waals surface area contributed by atoms with Crippen LogP contribution in [-0.2, 0) is 6.42 Å². The summed E-state index contributed by atoms with van der Waals surface area (Å²) >= 11 is 0. The first-order valence-electron chi connectivity index (χ1n) is 10.8. The van der Waals surface area contributed by atoms with E-state index in [-0.39, 0.29) is 17.6 Å². The van der Waals surface area contributed by atoms with Crippen molar-refractivity contribution in [2.45, 2.75) is 32.2 Å². The molecule has 2 heterocycles. The van der Waals surface area contributed by atoms with E-state index in [4.69, 9.17) is 11.1 Å². The summed E-state index contributed by atoms with van der Waals surface area (Å²) in [7, 11) is 0. The van der Waals surface area contributed by atoms with E-state index < -0.39 is 6.04 Å². The van der Waals surface area contributed by atoms with Gasteiger partial charge in [0.15, 0.2) is 5.82 Å². The molecule has 2 amide bonds. The van der Waals surface area contributed by atoms with Crippen molar-refractivity contribution in [1.82, 2.24) is 30.8 Å². The van der Waals surface area contributed by atoms with Crippen molar-refractivity contribution in [2.75, 3.05) is 13.1 Å². The average molecular weight is 447 g/mol. The lowest BCUT2D eigenvalue weighted by molar-refractivity contribution is 0.0791. The zero-order chi connectivity index (χ0) is 23.4. The first kappa shape index (κ1) is 22.1. The fourth-order valence-corrected chi connectivity index (χ4v) is 4.00. The number of H-pyrrole nitrogens is 1. The van der Waals surface area contributed by atoms with Crippen LogP contribution in [0.25, 0.3) is 0 Å². The van der Waals surface area contributed by atoms with Crippen molar-refractivity contribution in [3.8, 4) is 0 Å². The Hall–Kier alpha value is -4.08. The molecule has 2 aromatic carbocycles. The van der Waals surface area contributed by atoms with Gasteiger partial charge in [-0.15, -0.1) is 10.2 Å². The molecule has 170 valence electrons. The van der Waals surface area contributed by atoms with Crippen molar-refractivity contribution in [1.29, 1.82) is 5.41 Å².